The number of fused-ring (bicyclic) bond motifs is 1. The van der Waals surface area contributed by atoms with Gasteiger partial charge < -0.3 is 24.8 Å². The average molecular weight is 384 g/mol. The zero-order valence-electron chi connectivity index (χ0n) is 16.2. The van der Waals surface area contributed by atoms with Crippen molar-refractivity contribution in [1.29, 1.82) is 0 Å². The van der Waals surface area contributed by atoms with Gasteiger partial charge in [-0.05, 0) is 32.8 Å². The number of benzene rings is 2. The summed E-state index contributed by atoms with van der Waals surface area (Å²) in [6.07, 6.45) is 3.38. The highest BCUT2D eigenvalue weighted by molar-refractivity contribution is 5.85. The lowest BCUT2D eigenvalue weighted by Crippen LogP contribution is -2.21. The SMILES string of the molecule is COc1cc(O)c(C=O)c2c1CC(c1ccc(O)c(CC=C(C)C)c1O)CO2. The van der Waals surface area contributed by atoms with Crippen LogP contribution in [0.3, 0.4) is 0 Å². The molecule has 3 rings (SSSR count). The maximum Gasteiger partial charge on any atom is 0.157 e. The summed E-state index contributed by atoms with van der Waals surface area (Å²) < 4.78 is 11.2. The fourth-order valence-electron chi connectivity index (χ4n) is 3.50. The molecule has 0 saturated carbocycles. The molecule has 0 saturated heterocycles. The van der Waals surface area contributed by atoms with E-state index in [-0.39, 0.29) is 35.3 Å². The first kappa shape index (κ1) is 19.6. The van der Waals surface area contributed by atoms with E-state index in [1.165, 1.54) is 13.2 Å². The van der Waals surface area contributed by atoms with Gasteiger partial charge in [0.15, 0.2) is 6.29 Å². The largest absolute Gasteiger partial charge is 0.508 e. The molecule has 28 heavy (non-hydrogen) atoms. The van der Waals surface area contributed by atoms with E-state index in [0.29, 0.717) is 47.3 Å². The molecule has 0 spiro atoms. The molecule has 1 unspecified atom stereocenters. The molecule has 0 bridgehead atoms. The molecule has 3 N–H and O–H groups in total. The molecule has 148 valence electrons. The minimum Gasteiger partial charge on any atom is -0.508 e. The number of phenolic OH excluding ortho intramolecular Hbond substituents is 3. The van der Waals surface area contributed by atoms with Gasteiger partial charge in [0, 0.05) is 28.7 Å². The lowest BCUT2D eigenvalue weighted by atomic mass is 9.86. The standard InChI is InChI=1S/C22H24O6/c1-12(2)4-5-15-18(24)7-6-14(21(15)26)13-8-16-20(27-3)9-19(25)17(10-23)22(16)28-11-13/h4,6-7,9-10,13,24-26H,5,8,11H2,1-3H3. The van der Waals surface area contributed by atoms with Crippen LogP contribution in [0.4, 0.5) is 0 Å². The molecular formula is C22H24O6. The van der Waals surface area contributed by atoms with E-state index in [2.05, 4.69) is 0 Å². The van der Waals surface area contributed by atoms with Crippen LogP contribution in [0.2, 0.25) is 0 Å². The Balaban J connectivity index is 2.02. The van der Waals surface area contributed by atoms with Crippen molar-refractivity contribution in [2.75, 3.05) is 13.7 Å². The number of allylic oxidation sites excluding steroid dienone is 2. The fraction of sp³-hybridized carbons (Fsp3) is 0.318. The van der Waals surface area contributed by atoms with Crippen molar-refractivity contribution in [3.8, 4) is 28.7 Å². The van der Waals surface area contributed by atoms with E-state index in [0.717, 1.165) is 5.57 Å². The zero-order chi connectivity index (χ0) is 20.4. The number of hydrogen-bond donors (Lipinski definition) is 3. The van der Waals surface area contributed by atoms with Crippen LogP contribution in [0.5, 0.6) is 28.7 Å². The van der Waals surface area contributed by atoms with E-state index < -0.39 is 0 Å². The van der Waals surface area contributed by atoms with Crippen molar-refractivity contribution in [3.63, 3.8) is 0 Å². The first-order valence-electron chi connectivity index (χ1n) is 9.05. The van der Waals surface area contributed by atoms with Crippen molar-refractivity contribution in [1.82, 2.24) is 0 Å². The van der Waals surface area contributed by atoms with E-state index in [1.54, 1.807) is 12.1 Å². The normalized spacial score (nSPS) is 15.3. The molecule has 6 nitrogen and oxygen atoms in total. The number of phenols is 3. The summed E-state index contributed by atoms with van der Waals surface area (Å²) in [7, 11) is 1.48. The van der Waals surface area contributed by atoms with Crippen molar-refractivity contribution >= 4 is 6.29 Å². The molecule has 1 atom stereocenters. The van der Waals surface area contributed by atoms with Crippen LogP contribution in [0.1, 0.15) is 46.8 Å². The Morgan fingerprint density at radius 1 is 1.25 bits per heavy atom. The van der Waals surface area contributed by atoms with Crippen molar-refractivity contribution in [2.24, 2.45) is 0 Å². The number of hydrogen-bond acceptors (Lipinski definition) is 6. The Morgan fingerprint density at radius 3 is 2.64 bits per heavy atom. The molecule has 1 aliphatic heterocycles. The van der Waals surface area contributed by atoms with E-state index in [9.17, 15) is 20.1 Å². The average Bonchev–Trinajstić information content (AvgIpc) is 2.67. The van der Waals surface area contributed by atoms with Crippen molar-refractivity contribution in [3.05, 3.63) is 52.1 Å². The molecular weight excluding hydrogens is 360 g/mol. The highest BCUT2D eigenvalue weighted by Crippen LogP contribution is 2.45. The number of carbonyl (C=O) groups excluding carboxylic acids is 1. The van der Waals surface area contributed by atoms with Gasteiger partial charge in [-0.25, -0.2) is 0 Å². The van der Waals surface area contributed by atoms with Crippen LogP contribution in [0.15, 0.2) is 29.8 Å². The molecule has 0 aliphatic carbocycles. The smallest absolute Gasteiger partial charge is 0.157 e. The van der Waals surface area contributed by atoms with E-state index >= 15 is 0 Å². The van der Waals surface area contributed by atoms with Crippen LogP contribution >= 0.6 is 0 Å². The lowest BCUT2D eigenvalue weighted by molar-refractivity contribution is 0.111. The Labute approximate surface area is 163 Å². The van der Waals surface area contributed by atoms with Crippen molar-refractivity contribution in [2.45, 2.75) is 32.6 Å². The molecule has 0 fully saturated rings. The number of rotatable bonds is 5. The van der Waals surface area contributed by atoms with Gasteiger partial charge in [-0.2, -0.15) is 0 Å². The maximum atomic E-state index is 11.4. The second kappa shape index (κ2) is 7.84. The van der Waals surface area contributed by atoms with Gasteiger partial charge >= 0.3 is 0 Å². The summed E-state index contributed by atoms with van der Waals surface area (Å²) in [5, 5.41) is 31.0. The molecule has 2 aromatic carbocycles. The third-order valence-corrected chi connectivity index (χ3v) is 5.02. The quantitative estimate of drug-likeness (QED) is 0.535. The molecule has 0 aromatic heterocycles. The Kier molecular flexibility index (Phi) is 5.49. The van der Waals surface area contributed by atoms with E-state index in [4.69, 9.17) is 9.47 Å². The number of aromatic hydroxyl groups is 3. The highest BCUT2D eigenvalue weighted by atomic mass is 16.5. The highest BCUT2D eigenvalue weighted by Gasteiger charge is 2.30. The molecule has 0 radical (unpaired) electrons. The monoisotopic (exact) mass is 384 g/mol. The second-order valence-electron chi connectivity index (χ2n) is 7.14. The molecule has 6 heteroatoms. The van der Waals surface area contributed by atoms with Gasteiger partial charge in [0.2, 0.25) is 0 Å². The van der Waals surface area contributed by atoms with Crippen LogP contribution in [0.25, 0.3) is 0 Å². The van der Waals surface area contributed by atoms with Gasteiger partial charge in [-0.15, -0.1) is 0 Å². The van der Waals surface area contributed by atoms with Gasteiger partial charge in [-0.1, -0.05) is 17.7 Å². The first-order valence-corrected chi connectivity index (χ1v) is 9.05. The van der Waals surface area contributed by atoms with Crippen LogP contribution in [-0.4, -0.2) is 35.3 Å². The Morgan fingerprint density at radius 2 is 2.00 bits per heavy atom. The van der Waals surface area contributed by atoms with Gasteiger partial charge in [0.25, 0.3) is 0 Å². The van der Waals surface area contributed by atoms with Gasteiger partial charge in [0.05, 0.1) is 19.3 Å². The predicted molar refractivity (Wildman–Crippen MR) is 105 cm³/mol. The number of carbonyl (C=O) groups is 1. The van der Waals surface area contributed by atoms with Gasteiger partial charge in [0.1, 0.15) is 28.7 Å². The summed E-state index contributed by atoms with van der Waals surface area (Å²) in [6.45, 7) is 4.13. The lowest BCUT2D eigenvalue weighted by Gasteiger charge is -2.29. The zero-order valence-corrected chi connectivity index (χ0v) is 16.2. The first-order chi connectivity index (χ1) is 13.4. The number of ether oxygens (including phenoxy) is 2. The third kappa shape index (κ3) is 3.50. The molecule has 2 aromatic rings. The number of methoxy groups -OCH3 is 1. The van der Waals surface area contributed by atoms with Crippen LogP contribution in [-0.2, 0) is 12.8 Å². The van der Waals surface area contributed by atoms with Crippen LogP contribution < -0.4 is 9.47 Å². The summed E-state index contributed by atoms with van der Waals surface area (Å²) >= 11 is 0. The van der Waals surface area contributed by atoms with E-state index in [1.807, 2.05) is 19.9 Å². The maximum absolute atomic E-state index is 11.4. The molecule has 1 aliphatic rings. The Bertz CT molecular complexity index is 941. The predicted octanol–water partition coefficient (Wildman–Crippen LogP) is 3.85. The molecule has 0 amide bonds. The van der Waals surface area contributed by atoms with Gasteiger partial charge in [-0.3, -0.25) is 4.79 Å². The minimum atomic E-state index is -0.198. The summed E-state index contributed by atoms with van der Waals surface area (Å²) in [5.74, 6) is 0.429. The second-order valence-corrected chi connectivity index (χ2v) is 7.14. The fourth-order valence-corrected chi connectivity index (χ4v) is 3.50. The topological polar surface area (TPSA) is 96.2 Å². The molecule has 1 heterocycles. The summed E-state index contributed by atoms with van der Waals surface area (Å²) in [4.78, 5) is 11.4. The summed E-state index contributed by atoms with van der Waals surface area (Å²) in [6, 6.07) is 4.65. The third-order valence-electron chi connectivity index (χ3n) is 5.02. The van der Waals surface area contributed by atoms with Crippen molar-refractivity contribution < 1.29 is 29.6 Å². The number of aldehydes is 1. The summed E-state index contributed by atoms with van der Waals surface area (Å²) in [5.41, 5.74) is 2.97. The Hall–Kier alpha value is -3.15. The minimum absolute atomic E-state index is 0.0432. The van der Waals surface area contributed by atoms with Crippen LogP contribution in [0, 0.1) is 0 Å².